The number of hydrogen-bond donors (Lipinski definition) is 1. The van der Waals surface area contributed by atoms with Crippen molar-refractivity contribution in [2.45, 2.75) is 6.42 Å². The zero-order valence-corrected chi connectivity index (χ0v) is 19.0. The Hall–Kier alpha value is -2.10. The van der Waals surface area contributed by atoms with E-state index in [-0.39, 0.29) is 24.0 Å². The number of benzene rings is 2. The van der Waals surface area contributed by atoms with E-state index in [0.717, 1.165) is 49.6 Å². The molecular formula is C21H27F2IN4O. The average Bonchev–Trinajstić information content (AvgIpc) is 2.74. The highest BCUT2D eigenvalue weighted by Gasteiger charge is 2.21. The summed E-state index contributed by atoms with van der Waals surface area (Å²) in [4.78, 5) is 8.81. The summed E-state index contributed by atoms with van der Waals surface area (Å²) >= 11 is 0. The van der Waals surface area contributed by atoms with Gasteiger partial charge in [0.2, 0.25) is 0 Å². The van der Waals surface area contributed by atoms with Crippen molar-refractivity contribution in [1.29, 1.82) is 0 Å². The van der Waals surface area contributed by atoms with E-state index in [0.29, 0.717) is 18.5 Å². The molecule has 1 N–H and O–H groups in total. The van der Waals surface area contributed by atoms with E-state index in [9.17, 15) is 8.78 Å². The number of hydrogen-bond acceptors (Lipinski definition) is 3. The molecule has 0 spiro atoms. The van der Waals surface area contributed by atoms with Gasteiger partial charge in [-0.2, -0.15) is 0 Å². The Morgan fingerprint density at radius 1 is 1.07 bits per heavy atom. The Bertz CT molecular complexity index is 826. The maximum absolute atomic E-state index is 13.8. The van der Waals surface area contributed by atoms with E-state index in [2.05, 4.69) is 26.2 Å². The first-order valence-electron chi connectivity index (χ1n) is 9.40. The lowest BCUT2D eigenvalue weighted by Gasteiger charge is -2.38. The molecule has 0 aromatic heterocycles. The van der Waals surface area contributed by atoms with E-state index >= 15 is 0 Å². The number of anilines is 1. The van der Waals surface area contributed by atoms with Gasteiger partial charge in [-0.05, 0) is 30.2 Å². The average molecular weight is 516 g/mol. The number of methoxy groups -OCH3 is 1. The van der Waals surface area contributed by atoms with E-state index in [1.54, 1.807) is 20.2 Å². The molecule has 1 saturated heterocycles. The fourth-order valence-electron chi connectivity index (χ4n) is 3.43. The predicted octanol–water partition coefficient (Wildman–Crippen LogP) is 3.53. The summed E-state index contributed by atoms with van der Waals surface area (Å²) in [6, 6.07) is 12.3. The standard InChI is InChI=1S/C21H26F2N4O.HI/c1-24-21(25-11-10-16-6-5-7-17(22)20(16)23)27-14-12-26(13-15-27)18-8-3-4-9-19(18)28-2;/h3-9H,10-15H2,1-2H3,(H,24,25);1H. The number of rotatable bonds is 5. The van der Waals surface area contributed by atoms with Crippen LogP contribution >= 0.6 is 24.0 Å². The zero-order valence-electron chi connectivity index (χ0n) is 16.7. The van der Waals surface area contributed by atoms with Crippen molar-refractivity contribution >= 4 is 35.6 Å². The summed E-state index contributed by atoms with van der Waals surface area (Å²) in [5, 5.41) is 3.26. The molecular weight excluding hydrogens is 489 g/mol. The van der Waals surface area contributed by atoms with E-state index in [1.165, 1.54) is 6.07 Å². The molecule has 0 aliphatic carbocycles. The fourth-order valence-corrected chi connectivity index (χ4v) is 3.43. The summed E-state index contributed by atoms with van der Waals surface area (Å²) in [5.41, 5.74) is 1.46. The van der Waals surface area contributed by atoms with Crippen LogP contribution in [0.1, 0.15) is 5.56 Å². The topological polar surface area (TPSA) is 40.1 Å². The second-order valence-corrected chi connectivity index (χ2v) is 6.58. The van der Waals surface area contributed by atoms with Gasteiger partial charge in [-0.15, -0.1) is 24.0 Å². The molecule has 0 radical (unpaired) electrons. The third-order valence-corrected chi connectivity index (χ3v) is 4.93. The Morgan fingerprint density at radius 2 is 1.79 bits per heavy atom. The second-order valence-electron chi connectivity index (χ2n) is 6.58. The van der Waals surface area contributed by atoms with Crippen LogP contribution in [0.25, 0.3) is 0 Å². The normalized spacial score (nSPS) is 14.4. The molecule has 2 aromatic rings. The van der Waals surface area contributed by atoms with Crippen LogP contribution in [0.2, 0.25) is 0 Å². The summed E-state index contributed by atoms with van der Waals surface area (Å²) in [6.07, 6.45) is 0.393. The van der Waals surface area contributed by atoms with Gasteiger partial charge >= 0.3 is 0 Å². The number of para-hydroxylation sites is 2. The van der Waals surface area contributed by atoms with Gasteiger partial charge in [0.15, 0.2) is 17.6 Å². The summed E-state index contributed by atoms with van der Waals surface area (Å²) in [5.74, 6) is 0.0612. The maximum atomic E-state index is 13.8. The molecule has 8 heteroatoms. The number of nitrogens with zero attached hydrogens (tertiary/aromatic N) is 3. The maximum Gasteiger partial charge on any atom is 0.193 e. The number of piperazine rings is 1. The lowest BCUT2D eigenvalue weighted by molar-refractivity contribution is 0.367. The molecule has 0 unspecified atom stereocenters. The van der Waals surface area contributed by atoms with Crippen LogP contribution in [-0.4, -0.2) is 57.7 Å². The molecule has 1 aliphatic heterocycles. The van der Waals surface area contributed by atoms with Gasteiger partial charge in [0.05, 0.1) is 12.8 Å². The monoisotopic (exact) mass is 516 g/mol. The van der Waals surface area contributed by atoms with E-state index in [1.807, 2.05) is 18.2 Å². The van der Waals surface area contributed by atoms with Crippen LogP contribution in [0.5, 0.6) is 5.75 Å². The lowest BCUT2D eigenvalue weighted by atomic mass is 10.1. The van der Waals surface area contributed by atoms with Gasteiger partial charge in [0.1, 0.15) is 5.75 Å². The van der Waals surface area contributed by atoms with E-state index in [4.69, 9.17) is 4.74 Å². The van der Waals surface area contributed by atoms with Gasteiger partial charge in [0, 0.05) is 39.8 Å². The Balaban J connectivity index is 0.00000300. The van der Waals surface area contributed by atoms with Gasteiger partial charge in [-0.1, -0.05) is 24.3 Å². The molecule has 1 aliphatic rings. The van der Waals surface area contributed by atoms with Crippen molar-refractivity contribution in [3.8, 4) is 5.75 Å². The Kier molecular flexibility index (Phi) is 8.94. The molecule has 1 fully saturated rings. The van der Waals surface area contributed by atoms with Crippen molar-refractivity contribution in [2.75, 3.05) is 51.8 Å². The second kappa shape index (κ2) is 11.2. The lowest BCUT2D eigenvalue weighted by Crippen LogP contribution is -2.52. The van der Waals surface area contributed by atoms with Crippen molar-refractivity contribution in [3.63, 3.8) is 0 Å². The van der Waals surface area contributed by atoms with Crippen LogP contribution in [-0.2, 0) is 6.42 Å². The molecule has 0 atom stereocenters. The third-order valence-electron chi connectivity index (χ3n) is 4.93. The fraction of sp³-hybridized carbons (Fsp3) is 0.381. The van der Waals surface area contributed by atoms with Gasteiger partial charge < -0.3 is 19.9 Å². The first-order chi connectivity index (χ1) is 13.6. The van der Waals surface area contributed by atoms with Gasteiger partial charge in [-0.25, -0.2) is 8.78 Å². The van der Waals surface area contributed by atoms with Gasteiger partial charge in [0.25, 0.3) is 0 Å². The number of nitrogens with one attached hydrogen (secondary N) is 1. The zero-order chi connectivity index (χ0) is 19.9. The van der Waals surface area contributed by atoms with Crippen LogP contribution in [0.15, 0.2) is 47.5 Å². The SMILES string of the molecule is CN=C(NCCc1cccc(F)c1F)N1CCN(c2ccccc2OC)CC1.I. The molecule has 0 bridgehead atoms. The molecule has 158 valence electrons. The molecule has 3 rings (SSSR count). The molecule has 5 nitrogen and oxygen atoms in total. The summed E-state index contributed by atoms with van der Waals surface area (Å²) < 4.78 is 32.5. The highest BCUT2D eigenvalue weighted by Crippen LogP contribution is 2.28. The number of guanidine groups is 1. The van der Waals surface area contributed by atoms with E-state index < -0.39 is 11.6 Å². The third kappa shape index (κ3) is 5.71. The number of aliphatic imine (C=N–C) groups is 1. The van der Waals surface area contributed by atoms with Crippen LogP contribution in [0, 0.1) is 11.6 Å². The van der Waals surface area contributed by atoms with Crippen molar-refractivity contribution < 1.29 is 13.5 Å². The van der Waals surface area contributed by atoms with Gasteiger partial charge in [-0.3, -0.25) is 4.99 Å². The van der Waals surface area contributed by atoms with Crippen LogP contribution in [0.3, 0.4) is 0 Å². The largest absolute Gasteiger partial charge is 0.495 e. The quantitative estimate of drug-likeness (QED) is 0.375. The minimum absolute atomic E-state index is 0. The minimum atomic E-state index is -0.811. The predicted molar refractivity (Wildman–Crippen MR) is 124 cm³/mol. The highest BCUT2D eigenvalue weighted by atomic mass is 127. The molecule has 1 heterocycles. The summed E-state index contributed by atoms with van der Waals surface area (Å²) in [7, 11) is 3.42. The molecule has 29 heavy (non-hydrogen) atoms. The summed E-state index contributed by atoms with van der Waals surface area (Å²) in [6.45, 7) is 3.80. The molecule has 2 aromatic carbocycles. The first kappa shape index (κ1) is 23.2. The highest BCUT2D eigenvalue weighted by molar-refractivity contribution is 14.0. The number of halogens is 3. The first-order valence-corrected chi connectivity index (χ1v) is 9.40. The van der Waals surface area contributed by atoms with Crippen molar-refractivity contribution in [1.82, 2.24) is 10.2 Å². The number of ether oxygens (including phenoxy) is 1. The minimum Gasteiger partial charge on any atom is -0.495 e. The van der Waals surface area contributed by atoms with Crippen molar-refractivity contribution in [2.24, 2.45) is 4.99 Å². The molecule has 0 saturated carbocycles. The Labute approximate surface area is 187 Å². The Morgan fingerprint density at radius 3 is 2.48 bits per heavy atom. The smallest absolute Gasteiger partial charge is 0.193 e. The molecule has 0 amide bonds. The van der Waals surface area contributed by atoms with Crippen LogP contribution in [0.4, 0.5) is 14.5 Å². The van der Waals surface area contributed by atoms with Crippen molar-refractivity contribution in [3.05, 3.63) is 59.7 Å². The van der Waals surface area contributed by atoms with Crippen LogP contribution < -0.4 is 15.0 Å².